The summed E-state index contributed by atoms with van der Waals surface area (Å²) in [7, 11) is 0. The number of carbonyl (C=O) groups is 1. The van der Waals surface area contributed by atoms with E-state index in [-0.39, 0.29) is 0 Å². The van der Waals surface area contributed by atoms with Crippen molar-refractivity contribution in [2.75, 3.05) is 13.1 Å². The molecule has 2 fully saturated rings. The van der Waals surface area contributed by atoms with Crippen LogP contribution in [0.5, 0.6) is 0 Å². The van der Waals surface area contributed by atoms with Crippen molar-refractivity contribution in [2.24, 2.45) is 0 Å². The number of carboxylic acids is 1. The first-order chi connectivity index (χ1) is 7.76. The zero-order chi connectivity index (χ0) is 11.4. The van der Waals surface area contributed by atoms with Crippen LogP contribution in [0.15, 0.2) is 0 Å². The quantitative estimate of drug-likeness (QED) is 0.785. The molecule has 1 saturated carbocycles. The van der Waals surface area contributed by atoms with Crippen LogP contribution in [0.2, 0.25) is 0 Å². The van der Waals surface area contributed by atoms with Crippen LogP contribution in [0, 0.1) is 0 Å². The predicted molar refractivity (Wildman–Crippen MR) is 63.5 cm³/mol. The molecule has 0 amide bonds. The topological polar surface area (TPSA) is 40.5 Å². The third-order valence-corrected chi connectivity index (χ3v) is 4.29. The molecule has 2 rings (SSSR count). The highest BCUT2D eigenvalue weighted by atomic mass is 16.4. The molecule has 0 aromatic rings. The zero-order valence-corrected chi connectivity index (χ0v) is 10.1. The molecule has 92 valence electrons. The lowest BCUT2D eigenvalue weighted by Crippen LogP contribution is -2.56. The van der Waals surface area contributed by atoms with Gasteiger partial charge in [0.2, 0.25) is 0 Å². The highest BCUT2D eigenvalue weighted by Gasteiger charge is 2.44. The predicted octanol–water partition coefficient (Wildman–Crippen LogP) is 2.65. The number of hydrogen-bond donors (Lipinski definition) is 1. The Labute approximate surface area is 97.8 Å². The second-order valence-corrected chi connectivity index (χ2v) is 5.30. The number of rotatable bonds is 2. The van der Waals surface area contributed by atoms with Gasteiger partial charge in [-0.05, 0) is 38.8 Å². The van der Waals surface area contributed by atoms with Gasteiger partial charge in [0.1, 0.15) is 5.54 Å². The molecular weight excluding hydrogens is 202 g/mol. The van der Waals surface area contributed by atoms with Crippen LogP contribution in [0.25, 0.3) is 0 Å². The Hall–Kier alpha value is -0.570. The molecule has 1 heterocycles. The molecule has 0 atom stereocenters. The van der Waals surface area contributed by atoms with Crippen LogP contribution in [-0.2, 0) is 4.79 Å². The standard InChI is InChI=1S/C13H23NO2/c15-12(16)13(8-4-3-5-9-13)14-10-6-1-2-7-11-14/h1-11H2,(H,15,16). The van der Waals surface area contributed by atoms with Gasteiger partial charge in [-0.3, -0.25) is 9.69 Å². The minimum atomic E-state index is -0.575. The van der Waals surface area contributed by atoms with Gasteiger partial charge in [0, 0.05) is 0 Å². The summed E-state index contributed by atoms with van der Waals surface area (Å²) in [5.41, 5.74) is -0.511. The fourth-order valence-electron chi connectivity index (χ4n) is 3.30. The summed E-state index contributed by atoms with van der Waals surface area (Å²) in [6.07, 6.45) is 10.0. The molecule has 3 heteroatoms. The Morgan fingerprint density at radius 3 is 1.88 bits per heavy atom. The van der Waals surface area contributed by atoms with Gasteiger partial charge in [0.05, 0.1) is 0 Å². The second-order valence-electron chi connectivity index (χ2n) is 5.30. The van der Waals surface area contributed by atoms with Gasteiger partial charge in [-0.1, -0.05) is 32.1 Å². The zero-order valence-electron chi connectivity index (χ0n) is 10.1. The van der Waals surface area contributed by atoms with Gasteiger partial charge in [-0.2, -0.15) is 0 Å². The van der Waals surface area contributed by atoms with Crippen molar-refractivity contribution < 1.29 is 9.90 Å². The summed E-state index contributed by atoms with van der Waals surface area (Å²) in [5, 5.41) is 9.59. The van der Waals surface area contributed by atoms with Gasteiger partial charge in [-0.25, -0.2) is 0 Å². The van der Waals surface area contributed by atoms with Gasteiger partial charge >= 0.3 is 5.97 Å². The lowest BCUT2D eigenvalue weighted by molar-refractivity contribution is -0.154. The van der Waals surface area contributed by atoms with Gasteiger partial charge in [0.15, 0.2) is 0 Å². The Balaban J connectivity index is 2.12. The maximum Gasteiger partial charge on any atom is 0.324 e. The van der Waals surface area contributed by atoms with E-state index in [4.69, 9.17) is 0 Å². The molecule has 2 aliphatic rings. The van der Waals surface area contributed by atoms with E-state index < -0.39 is 11.5 Å². The molecule has 0 spiro atoms. The summed E-state index contributed by atoms with van der Waals surface area (Å²) in [5.74, 6) is -0.575. The average Bonchev–Trinajstić information content (AvgIpc) is 2.58. The minimum Gasteiger partial charge on any atom is -0.480 e. The summed E-state index contributed by atoms with van der Waals surface area (Å²) in [4.78, 5) is 13.9. The molecule has 0 aromatic carbocycles. The molecule has 1 aliphatic carbocycles. The van der Waals surface area contributed by atoms with E-state index in [2.05, 4.69) is 4.90 Å². The Morgan fingerprint density at radius 1 is 0.875 bits per heavy atom. The normalized spacial score (nSPS) is 27.2. The van der Waals surface area contributed by atoms with Crippen LogP contribution in [0.3, 0.4) is 0 Å². The van der Waals surface area contributed by atoms with Crippen LogP contribution in [0.4, 0.5) is 0 Å². The Bertz CT molecular complexity index is 238. The Morgan fingerprint density at radius 2 is 1.38 bits per heavy atom. The van der Waals surface area contributed by atoms with E-state index in [0.717, 1.165) is 38.8 Å². The third-order valence-electron chi connectivity index (χ3n) is 4.29. The monoisotopic (exact) mass is 225 g/mol. The van der Waals surface area contributed by atoms with Crippen molar-refractivity contribution in [3.8, 4) is 0 Å². The first kappa shape index (κ1) is 11.9. The fourth-order valence-corrected chi connectivity index (χ4v) is 3.30. The number of aliphatic carboxylic acids is 1. The maximum atomic E-state index is 11.6. The van der Waals surface area contributed by atoms with Crippen molar-refractivity contribution in [1.29, 1.82) is 0 Å². The lowest BCUT2D eigenvalue weighted by Gasteiger charge is -2.42. The van der Waals surface area contributed by atoms with Crippen molar-refractivity contribution in [3.05, 3.63) is 0 Å². The lowest BCUT2D eigenvalue weighted by atomic mass is 9.80. The van der Waals surface area contributed by atoms with Crippen molar-refractivity contribution in [2.45, 2.75) is 63.3 Å². The molecule has 1 aliphatic heterocycles. The summed E-state index contributed by atoms with van der Waals surface area (Å²) < 4.78 is 0. The third kappa shape index (κ3) is 2.24. The molecule has 16 heavy (non-hydrogen) atoms. The van der Waals surface area contributed by atoms with Gasteiger partial charge < -0.3 is 5.11 Å². The summed E-state index contributed by atoms with van der Waals surface area (Å²) in [6.45, 7) is 1.98. The minimum absolute atomic E-state index is 0.511. The van der Waals surface area contributed by atoms with Gasteiger partial charge in [0.25, 0.3) is 0 Å². The smallest absolute Gasteiger partial charge is 0.324 e. The summed E-state index contributed by atoms with van der Waals surface area (Å²) in [6, 6.07) is 0. The van der Waals surface area contributed by atoms with Crippen LogP contribution < -0.4 is 0 Å². The van der Waals surface area contributed by atoms with E-state index >= 15 is 0 Å². The van der Waals surface area contributed by atoms with Crippen LogP contribution >= 0.6 is 0 Å². The van der Waals surface area contributed by atoms with Crippen LogP contribution in [0.1, 0.15) is 57.8 Å². The van der Waals surface area contributed by atoms with E-state index in [1.807, 2.05) is 0 Å². The molecule has 3 nitrogen and oxygen atoms in total. The molecular formula is C13H23NO2. The summed E-state index contributed by atoms with van der Waals surface area (Å²) >= 11 is 0. The molecule has 1 N–H and O–H groups in total. The molecule has 0 unspecified atom stereocenters. The van der Waals surface area contributed by atoms with Crippen molar-refractivity contribution in [1.82, 2.24) is 4.90 Å². The Kier molecular flexibility index (Phi) is 3.85. The fraction of sp³-hybridized carbons (Fsp3) is 0.923. The van der Waals surface area contributed by atoms with E-state index in [0.29, 0.717) is 0 Å². The van der Waals surface area contributed by atoms with E-state index in [1.54, 1.807) is 0 Å². The largest absolute Gasteiger partial charge is 0.480 e. The molecule has 0 bridgehead atoms. The molecule has 0 radical (unpaired) electrons. The van der Waals surface area contributed by atoms with E-state index in [1.165, 1.54) is 32.1 Å². The van der Waals surface area contributed by atoms with E-state index in [9.17, 15) is 9.90 Å². The number of carboxylic acid groups (broad SMARTS) is 1. The number of nitrogens with zero attached hydrogens (tertiary/aromatic N) is 1. The average molecular weight is 225 g/mol. The SMILES string of the molecule is O=C(O)C1(N2CCCCCC2)CCCCC1. The maximum absolute atomic E-state index is 11.6. The van der Waals surface area contributed by atoms with Crippen molar-refractivity contribution in [3.63, 3.8) is 0 Å². The molecule has 1 saturated heterocycles. The first-order valence-corrected chi connectivity index (χ1v) is 6.74. The van der Waals surface area contributed by atoms with Gasteiger partial charge in [-0.15, -0.1) is 0 Å². The van der Waals surface area contributed by atoms with Crippen LogP contribution in [-0.4, -0.2) is 34.6 Å². The van der Waals surface area contributed by atoms with Crippen molar-refractivity contribution >= 4 is 5.97 Å². The second kappa shape index (κ2) is 5.17. The highest BCUT2D eigenvalue weighted by molar-refractivity contribution is 5.79. The number of likely N-dealkylation sites (tertiary alicyclic amines) is 1. The number of hydrogen-bond acceptors (Lipinski definition) is 2. The highest BCUT2D eigenvalue weighted by Crippen LogP contribution is 2.35. The molecule has 0 aromatic heterocycles. The first-order valence-electron chi connectivity index (χ1n) is 6.74.